The van der Waals surface area contributed by atoms with Gasteiger partial charge in [0.05, 0.1) is 5.54 Å². The average molecular weight is 634 g/mol. The smallest absolute Gasteiger partial charge is 0.252 e. The third-order valence-corrected chi connectivity index (χ3v) is 12.5. The van der Waals surface area contributed by atoms with Crippen LogP contribution in [0.5, 0.6) is 0 Å². The first-order chi connectivity index (χ1) is 23.9. The Morgan fingerprint density at radius 1 is 0.592 bits per heavy atom. The van der Waals surface area contributed by atoms with Crippen molar-refractivity contribution >= 4 is 68.6 Å². The van der Waals surface area contributed by atoms with Crippen LogP contribution in [-0.2, 0) is 5.41 Å². The fraction of sp³-hybridized carbons (Fsp3) is 0.200. The fourth-order valence-electron chi connectivity index (χ4n) is 9.87. The first-order valence-corrected chi connectivity index (χ1v) is 17.9. The summed E-state index contributed by atoms with van der Waals surface area (Å²) < 4.78 is 0. The van der Waals surface area contributed by atoms with Crippen LogP contribution >= 0.6 is 0 Å². The molecule has 3 aliphatic heterocycles. The van der Waals surface area contributed by atoms with Gasteiger partial charge in [-0.25, -0.2) is 0 Å². The van der Waals surface area contributed by atoms with E-state index in [1.165, 1.54) is 80.8 Å². The van der Waals surface area contributed by atoms with Crippen molar-refractivity contribution in [2.45, 2.75) is 57.9 Å². The van der Waals surface area contributed by atoms with Crippen molar-refractivity contribution in [3.63, 3.8) is 0 Å². The van der Waals surface area contributed by atoms with Crippen LogP contribution in [0.2, 0.25) is 0 Å². The molecule has 0 radical (unpaired) electrons. The number of benzene rings is 6. The molecule has 2 unspecified atom stereocenters. The molecular weight excluding hydrogens is 593 g/mol. The van der Waals surface area contributed by atoms with Gasteiger partial charge in [-0.15, -0.1) is 0 Å². The predicted octanol–water partition coefficient (Wildman–Crippen LogP) is 9.74. The molecule has 6 aromatic carbocycles. The van der Waals surface area contributed by atoms with Gasteiger partial charge in [-0.1, -0.05) is 97.3 Å². The second kappa shape index (κ2) is 10.2. The molecule has 10 rings (SSSR count). The van der Waals surface area contributed by atoms with Crippen LogP contribution in [0.25, 0.3) is 0 Å². The van der Waals surface area contributed by atoms with E-state index in [9.17, 15) is 0 Å². The summed E-state index contributed by atoms with van der Waals surface area (Å²) in [4.78, 5) is 7.71. The lowest BCUT2D eigenvalue weighted by Gasteiger charge is -2.48. The largest absolute Gasteiger partial charge is 0.335 e. The Balaban J connectivity index is 1.25. The Kier molecular flexibility index (Phi) is 5.96. The maximum Gasteiger partial charge on any atom is 0.252 e. The van der Waals surface area contributed by atoms with Crippen molar-refractivity contribution in [2.24, 2.45) is 0 Å². The van der Waals surface area contributed by atoms with Crippen molar-refractivity contribution in [2.75, 3.05) is 14.7 Å². The summed E-state index contributed by atoms with van der Waals surface area (Å²) in [5.41, 5.74) is 18.5. The van der Waals surface area contributed by atoms with E-state index in [2.05, 4.69) is 176 Å². The molecule has 4 heteroatoms. The molecule has 4 aliphatic rings. The van der Waals surface area contributed by atoms with Gasteiger partial charge in [0.25, 0.3) is 6.71 Å². The fourth-order valence-corrected chi connectivity index (χ4v) is 9.87. The number of hydrogen-bond acceptors (Lipinski definition) is 3. The van der Waals surface area contributed by atoms with Crippen LogP contribution in [0.4, 0.5) is 45.5 Å². The Morgan fingerprint density at radius 2 is 1.24 bits per heavy atom. The zero-order valence-corrected chi connectivity index (χ0v) is 28.7. The number of rotatable bonds is 4. The highest BCUT2D eigenvalue weighted by Gasteiger charge is 2.62. The highest BCUT2D eigenvalue weighted by molar-refractivity contribution is 7.00. The Morgan fingerprint density at radius 3 is 1.96 bits per heavy atom. The third kappa shape index (κ3) is 3.80. The number of anilines is 8. The molecule has 1 saturated carbocycles. The summed E-state index contributed by atoms with van der Waals surface area (Å²) >= 11 is 0. The summed E-state index contributed by atoms with van der Waals surface area (Å²) in [7, 11) is 0. The maximum atomic E-state index is 2.78. The number of fused-ring (bicyclic) bond motifs is 7. The molecule has 1 aliphatic carbocycles. The molecule has 0 bridgehead atoms. The van der Waals surface area contributed by atoms with E-state index in [1.54, 1.807) is 0 Å². The average Bonchev–Trinajstić information content (AvgIpc) is 3.53. The van der Waals surface area contributed by atoms with Gasteiger partial charge in [0.15, 0.2) is 0 Å². The van der Waals surface area contributed by atoms with Gasteiger partial charge in [0.2, 0.25) is 0 Å². The normalized spacial score (nSPS) is 20.9. The molecule has 0 saturated heterocycles. The van der Waals surface area contributed by atoms with E-state index in [1.807, 2.05) is 0 Å². The van der Waals surface area contributed by atoms with E-state index in [0.29, 0.717) is 0 Å². The van der Waals surface area contributed by atoms with Crippen molar-refractivity contribution in [1.82, 2.24) is 0 Å². The predicted molar refractivity (Wildman–Crippen MR) is 208 cm³/mol. The highest BCUT2D eigenvalue weighted by Crippen LogP contribution is 2.63. The molecule has 0 aromatic heterocycles. The van der Waals surface area contributed by atoms with Crippen molar-refractivity contribution in [1.29, 1.82) is 0 Å². The molecule has 6 aromatic rings. The summed E-state index contributed by atoms with van der Waals surface area (Å²) in [6, 6.07) is 50.2. The van der Waals surface area contributed by atoms with Gasteiger partial charge in [-0.3, -0.25) is 0 Å². The van der Waals surface area contributed by atoms with Crippen LogP contribution in [0.3, 0.4) is 0 Å². The number of nitrogens with zero attached hydrogens (tertiary/aromatic N) is 3. The lowest BCUT2D eigenvalue weighted by Crippen LogP contribution is -2.63. The zero-order valence-electron chi connectivity index (χ0n) is 28.7. The Hall–Kier alpha value is -5.22. The van der Waals surface area contributed by atoms with E-state index >= 15 is 0 Å². The zero-order chi connectivity index (χ0) is 33.1. The van der Waals surface area contributed by atoms with Gasteiger partial charge in [-0.2, -0.15) is 0 Å². The summed E-state index contributed by atoms with van der Waals surface area (Å²) in [6.45, 7) is 9.53. The summed E-state index contributed by atoms with van der Waals surface area (Å²) in [5, 5.41) is 0. The second-order valence-electron chi connectivity index (χ2n) is 15.1. The molecular formula is C45H40BN3. The molecule has 0 spiro atoms. The summed E-state index contributed by atoms with van der Waals surface area (Å²) in [5.74, 6) is 0. The van der Waals surface area contributed by atoms with Crippen molar-refractivity contribution < 1.29 is 0 Å². The number of aryl methyl sites for hydroxylation is 2. The van der Waals surface area contributed by atoms with Gasteiger partial charge >= 0.3 is 0 Å². The van der Waals surface area contributed by atoms with Crippen LogP contribution in [0.15, 0.2) is 133 Å². The van der Waals surface area contributed by atoms with Crippen LogP contribution in [0, 0.1) is 13.8 Å². The minimum atomic E-state index is 0.0514. The van der Waals surface area contributed by atoms with E-state index in [0.717, 1.165) is 17.1 Å². The molecule has 238 valence electrons. The first kappa shape index (κ1) is 28.8. The van der Waals surface area contributed by atoms with E-state index in [4.69, 9.17) is 0 Å². The molecule has 0 amide bonds. The van der Waals surface area contributed by atoms with Gasteiger partial charge < -0.3 is 14.7 Å². The monoisotopic (exact) mass is 633 g/mol. The molecule has 0 N–H and O–H groups in total. The van der Waals surface area contributed by atoms with Crippen LogP contribution in [0.1, 0.15) is 49.8 Å². The van der Waals surface area contributed by atoms with Crippen LogP contribution in [-0.4, -0.2) is 12.3 Å². The van der Waals surface area contributed by atoms with Crippen LogP contribution < -0.4 is 31.1 Å². The van der Waals surface area contributed by atoms with Gasteiger partial charge in [0, 0.05) is 50.9 Å². The standard InChI is InChI=1S/C45H40BN3/c1-30-17-21-33(22-18-30)47(34-23-19-31(2)20-24-34)35-25-26-37-41(29-35)48(32-11-6-5-7-12-32)39-15-9-16-40-42(39)46(37)38-14-8-13-36-43(38)49(40)45(4)28-10-27-44(36,45)3/h5-9,11-26,29H,10,27-28H2,1-4H3. The van der Waals surface area contributed by atoms with Gasteiger partial charge in [-0.05, 0) is 116 Å². The lowest BCUT2D eigenvalue weighted by molar-refractivity contribution is 0.330. The minimum Gasteiger partial charge on any atom is -0.335 e. The molecule has 3 nitrogen and oxygen atoms in total. The quantitative estimate of drug-likeness (QED) is 0.179. The first-order valence-electron chi connectivity index (χ1n) is 17.9. The summed E-state index contributed by atoms with van der Waals surface area (Å²) in [6.07, 6.45) is 3.72. The lowest BCUT2D eigenvalue weighted by atomic mass is 9.33. The third-order valence-electron chi connectivity index (χ3n) is 12.5. The Bertz CT molecular complexity index is 2230. The molecule has 49 heavy (non-hydrogen) atoms. The SMILES string of the molecule is Cc1ccc(N(c2ccc(C)cc2)c2ccc3c(c2)N(c2ccccc2)c2cccc4c2B3c2cccc3c2N4C2(C)CCCC32C)cc1. The van der Waals surface area contributed by atoms with Gasteiger partial charge in [0.1, 0.15) is 0 Å². The molecule has 1 fully saturated rings. The Labute approximate surface area is 290 Å². The molecule has 2 atom stereocenters. The van der Waals surface area contributed by atoms with Crippen molar-refractivity contribution in [3.8, 4) is 0 Å². The number of para-hydroxylation sites is 2. The van der Waals surface area contributed by atoms with Crippen molar-refractivity contribution in [3.05, 3.63) is 150 Å². The highest BCUT2D eigenvalue weighted by atomic mass is 15.3. The second-order valence-corrected chi connectivity index (χ2v) is 15.1. The topological polar surface area (TPSA) is 9.72 Å². The van der Waals surface area contributed by atoms with E-state index < -0.39 is 0 Å². The minimum absolute atomic E-state index is 0.0514. The maximum absolute atomic E-state index is 2.78. The molecule has 3 heterocycles. The van der Waals surface area contributed by atoms with E-state index in [-0.39, 0.29) is 17.7 Å². The number of hydrogen-bond donors (Lipinski definition) is 0.